The molecular formula is C26H24F2N4O7. The van der Waals surface area contributed by atoms with Gasteiger partial charge in [0.25, 0.3) is 17.7 Å². The van der Waals surface area contributed by atoms with Gasteiger partial charge in [-0.05, 0) is 34.9 Å². The molecule has 0 radical (unpaired) electrons. The molecule has 5 amide bonds. The minimum atomic E-state index is -2.04. The predicted molar refractivity (Wildman–Crippen MR) is 130 cm³/mol. The monoisotopic (exact) mass is 542 g/mol. The van der Waals surface area contributed by atoms with Crippen LogP contribution in [0, 0.1) is 5.82 Å². The van der Waals surface area contributed by atoms with E-state index in [2.05, 4.69) is 17.2 Å². The number of carbonyl (C=O) groups excluding carboxylic acids is 4. The lowest BCUT2D eigenvalue weighted by atomic mass is 9.93. The molecule has 0 bridgehead atoms. The second kappa shape index (κ2) is 9.66. The maximum absolute atomic E-state index is 15.1. The average Bonchev–Trinajstić information content (AvgIpc) is 3.50. The minimum absolute atomic E-state index is 0.0712. The van der Waals surface area contributed by atoms with Crippen LogP contribution >= 0.6 is 0 Å². The van der Waals surface area contributed by atoms with Crippen molar-refractivity contribution < 1.29 is 42.2 Å². The number of carbonyl (C=O) groups is 4. The van der Waals surface area contributed by atoms with E-state index < -0.39 is 60.8 Å². The largest absolute Gasteiger partial charge is 0.494 e. The van der Waals surface area contributed by atoms with Crippen LogP contribution in [0.5, 0.6) is 5.75 Å². The van der Waals surface area contributed by atoms with Crippen molar-refractivity contribution in [3.05, 3.63) is 76.1 Å². The number of benzene rings is 1. The van der Waals surface area contributed by atoms with E-state index in [4.69, 9.17) is 14.2 Å². The van der Waals surface area contributed by atoms with Crippen molar-refractivity contribution >= 4 is 23.8 Å². The molecule has 2 saturated heterocycles. The highest BCUT2D eigenvalue weighted by molar-refractivity contribution is 6.10. The zero-order valence-corrected chi connectivity index (χ0v) is 21.1. The topological polar surface area (TPSA) is 127 Å². The number of hydrogen-bond donors (Lipinski definition) is 2. The molecule has 11 nitrogen and oxygen atoms in total. The van der Waals surface area contributed by atoms with Crippen LogP contribution in [0.25, 0.3) is 0 Å². The summed E-state index contributed by atoms with van der Waals surface area (Å²) in [7, 11) is 2.55. The van der Waals surface area contributed by atoms with Crippen LogP contribution in [0.2, 0.25) is 0 Å². The Morgan fingerprint density at radius 1 is 1.15 bits per heavy atom. The summed E-state index contributed by atoms with van der Waals surface area (Å²) in [6.07, 6.45) is 2.79. The van der Waals surface area contributed by atoms with E-state index in [9.17, 15) is 23.6 Å². The van der Waals surface area contributed by atoms with Crippen LogP contribution in [-0.2, 0) is 25.6 Å². The van der Waals surface area contributed by atoms with Gasteiger partial charge in [0.05, 0.1) is 24.8 Å². The predicted octanol–water partition coefficient (Wildman–Crippen LogP) is 1.43. The molecule has 4 aliphatic heterocycles. The Hall–Kier alpha value is -4.52. The summed E-state index contributed by atoms with van der Waals surface area (Å²) in [5, 5.41) is 5.10. The lowest BCUT2D eigenvalue weighted by molar-refractivity contribution is -0.135. The molecule has 0 aliphatic carbocycles. The number of allylic oxidation sites excluding steroid dienone is 3. The quantitative estimate of drug-likeness (QED) is 0.521. The van der Waals surface area contributed by atoms with Crippen LogP contribution in [0.15, 0.2) is 59.2 Å². The molecule has 1 aromatic carbocycles. The number of fused-ring (bicyclic) bond motifs is 2. The van der Waals surface area contributed by atoms with Gasteiger partial charge in [0.1, 0.15) is 19.1 Å². The van der Waals surface area contributed by atoms with Crippen molar-refractivity contribution in [1.82, 2.24) is 20.4 Å². The van der Waals surface area contributed by atoms with E-state index in [1.807, 2.05) is 0 Å². The molecule has 0 unspecified atom stereocenters. The number of ether oxygens (including phenoxy) is 3. The first-order valence-electron chi connectivity index (χ1n) is 11.8. The Morgan fingerprint density at radius 3 is 2.64 bits per heavy atom. The van der Waals surface area contributed by atoms with Crippen LogP contribution in [0.1, 0.15) is 15.9 Å². The van der Waals surface area contributed by atoms with E-state index in [0.29, 0.717) is 11.1 Å². The van der Waals surface area contributed by atoms with Crippen LogP contribution in [0.3, 0.4) is 0 Å². The Balaban J connectivity index is 1.57. The van der Waals surface area contributed by atoms with Crippen molar-refractivity contribution in [3.63, 3.8) is 0 Å². The molecule has 4 aliphatic rings. The molecule has 1 aromatic rings. The lowest BCUT2D eigenvalue weighted by Crippen LogP contribution is -2.57. The zero-order chi connectivity index (χ0) is 28.1. The molecule has 4 heterocycles. The van der Waals surface area contributed by atoms with Gasteiger partial charge >= 0.3 is 6.03 Å². The first kappa shape index (κ1) is 26.1. The van der Waals surface area contributed by atoms with Crippen LogP contribution < -0.4 is 15.4 Å². The molecule has 1 atom stereocenters. The van der Waals surface area contributed by atoms with Crippen molar-refractivity contribution in [2.75, 3.05) is 40.6 Å². The van der Waals surface area contributed by atoms with Gasteiger partial charge in [0, 0.05) is 20.2 Å². The molecule has 39 heavy (non-hydrogen) atoms. The fraction of sp³-hybridized carbons (Fsp3) is 0.308. The van der Waals surface area contributed by atoms with Gasteiger partial charge in [-0.1, -0.05) is 12.6 Å². The normalized spacial score (nSPS) is 27.4. The van der Waals surface area contributed by atoms with Gasteiger partial charge in [-0.2, -0.15) is 0 Å². The SMILES string of the molecule is C=C1/C=C(/[C@]2(CN3Cc4ccc(OC)c(F)c4C3=O)NC(=O)N(COC)C2=O)OC/C(F)=C2/C(=O)NC/C2=C/1. The molecule has 0 spiro atoms. The maximum atomic E-state index is 15.1. The molecule has 0 aromatic heterocycles. The number of amides is 5. The Morgan fingerprint density at radius 2 is 1.92 bits per heavy atom. The van der Waals surface area contributed by atoms with Crippen molar-refractivity contribution in [1.29, 1.82) is 0 Å². The summed E-state index contributed by atoms with van der Waals surface area (Å²) >= 11 is 0. The molecule has 2 fully saturated rings. The third kappa shape index (κ3) is 4.14. The van der Waals surface area contributed by atoms with Crippen molar-refractivity contribution in [3.8, 4) is 5.75 Å². The Bertz CT molecular complexity index is 1430. The van der Waals surface area contributed by atoms with Gasteiger partial charge in [0.15, 0.2) is 22.9 Å². The molecule has 5 rings (SSSR count). The highest BCUT2D eigenvalue weighted by Gasteiger charge is 2.57. The van der Waals surface area contributed by atoms with E-state index in [0.717, 1.165) is 4.90 Å². The second-order valence-electron chi connectivity index (χ2n) is 9.27. The number of halogens is 2. The first-order chi connectivity index (χ1) is 18.6. The smallest absolute Gasteiger partial charge is 0.327 e. The number of hydrogen-bond acceptors (Lipinski definition) is 7. The van der Waals surface area contributed by atoms with Crippen molar-refractivity contribution in [2.24, 2.45) is 0 Å². The minimum Gasteiger partial charge on any atom is -0.494 e. The summed E-state index contributed by atoms with van der Waals surface area (Å²) in [6.45, 7) is 2.26. The number of imide groups is 1. The number of nitrogens with one attached hydrogen (secondary N) is 2. The molecule has 204 valence electrons. The van der Waals surface area contributed by atoms with E-state index >= 15 is 4.39 Å². The standard InChI is InChI=1S/C26H24F2N4O7/c1-13-6-15-8-29-22(33)19(15)16(27)10-39-18(7-13)26(24(35)32(12-37-2)25(36)30-26)11-31-9-14-4-5-17(38-3)21(28)20(14)23(31)34/h4-7H,1,8-12H2,2-3H3,(H,29,33)(H,30,36)/b15-6-,18-7-,19-16-/t26-/m0/s1. The Labute approximate surface area is 221 Å². The number of nitrogens with zero attached hydrogens (tertiary/aromatic N) is 2. The fourth-order valence-corrected chi connectivity index (χ4v) is 5.05. The third-order valence-electron chi connectivity index (χ3n) is 6.85. The van der Waals surface area contributed by atoms with E-state index in [1.165, 1.54) is 43.4 Å². The van der Waals surface area contributed by atoms with Crippen molar-refractivity contribution in [2.45, 2.75) is 12.1 Å². The van der Waals surface area contributed by atoms with Crippen LogP contribution in [-0.4, -0.2) is 79.7 Å². The molecule has 2 N–H and O–H groups in total. The summed E-state index contributed by atoms with van der Waals surface area (Å²) in [5.74, 6) is -4.29. The van der Waals surface area contributed by atoms with E-state index in [-0.39, 0.29) is 41.3 Å². The summed E-state index contributed by atoms with van der Waals surface area (Å²) in [4.78, 5) is 54.1. The Kier molecular flexibility index (Phi) is 6.46. The van der Waals surface area contributed by atoms with Gasteiger partial charge in [0.2, 0.25) is 0 Å². The number of methoxy groups -OCH3 is 2. The zero-order valence-electron chi connectivity index (χ0n) is 21.1. The third-order valence-corrected chi connectivity index (χ3v) is 6.85. The summed E-state index contributed by atoms with van der Waals surface area (Å²) in [6, 6.07) is 2.07. The van der Waals surface area contributed by atoms with Gasteiger partial charge in [-0.15, -0.1) is 0 Å². The lowest BCUT2D eigenvalue weighted by Gasteiger charge is -2.33. The summed E-state index contributed by atoms with van der Waals surface area (Å²) in [5.41, 5.74) is -1.52. The van der Waals surface area contributed by atoms with Gasteiger partial charge < -0.3 is 29.7 Å². The fourth-order valence-electron chi connectivity index (χ4n) is 5.05. The van der Waals surface area contributed by atoms with Gasteiger partial charge in [-0.3, -0.25) is 14.4 Å². The average molecular weight is 542 g/mol. The van der Waals surface area contributed by atoms with Crippen LogP contribution in [0.4, 0.5) is 13.6 Å². The molecule has 13 heteroatoms. The molecular weight excluding hydrogens is 518 g/mol. The second-order valence-corrected chi connectivity index (χ2v) is 9.27. The highest BCUT2D eigenvalue weighted by Crippen LogP contribution is 2.36. The molecule has 0 saturated carbocycles. The van der Waals surface area contributed by atoms with E-state index in [1.54, 1.807) is 0 Å². The van der Waals surface area contributed by atoms with Gasteiger partial charge in [-0.25, -0.2) is 18.5 Å². The number of rotatable bonds is 6. The summed E-state index contributed by atoms with van der Waals surface area (Å²) < 4.78 is 45.8. The first-order valence-corrected chi connectivity index (χ1v) is 11.8. The number of urea groups is 1. The highest BCUT2D eigenvalue weighted by atomic mass is 19.1. The maximum Gasteiger partial charge on any atom is 0.327 e.